The lowest BCUT2D eigenvalue weighted by molar-refractivity contribution is -0.129. The van der Waals surface area contributed by atoms with Gasteiger partial charge in [-0.25, -0.2) is 0 Å². The third kappa shape index (κ3) is 4.45. The summed E-state index contributed by atoms with van der Waals surface area (Å²) in [4.78, 5) is 25.3. The van der Waals surface area contributed by atoms with Gasteiger partial charge >= 0.3 is 0 Å². The zero-order valence-corrected chi connectivity index (χ0v) is 13.3. The second-order valence-corrected chi connectivity index (χ2v) is 5.73. The number of amides is 2. The Bertz CT molecular complexity index is 549. The van der Waals surface area contributed by atoms with Crippen molar-refractivity contribution in [2.75, 3.05) is 11.9 Å². The molecule has 0 spiro atoms. The molecule has 1 unspecified atom stereocenters. The molecule has 118 valence electrons. The van der Waals surface area contributed by atoms with Gasteiger partial charge in [0.1, 0.15) is 0 Å². The fraction of sp³-hybridized carbons (Fsp3) is 0.444. The summed E-state index contributed by atoms with van der Waals surface area (Å²) in [6, 6.07) is 7.83. The van der Waals surface area contributed by atoms with E-state index < -0.39 is 0 Å². The molecule has 22 heavy (non-hydrogen) atoms. The van der Waals surface area contributed by atoms with Crippen LogP contribution in [-0.2, 0) is 9.59 Å². The van der Waals surface area contributed by atoms with Crippen molar-refractivity contribution < 1.29 is 9.59 Å². The lowest BCUT2D eigenvalue weighted by Gasteiger charge is -2.34. The molecule has 1 saturated heterocycles. The van der Waals surface area contributed by atoms with Crippen molar-refractivity contribution in [2.24, 2.45) is 0 Å². The SMILES string of the molecule is CCC1CCCCN1C(=O)/C=C/c1ccc(NC(C)=O)cc1. The topological polar surface area (TPSA) is 49.4 Å². The van der Waals surface area contributed by atoms with Gasteiger partial charge in [-0.05, 0) is 49.5 Å². The first-order chi connectivity index (χ1) is 10.6. The first kappa shape index (κ1) is 16.3. The van der Waals surface area contributed by atoms with E-state index in [4.69, 9.17) is 0 Å². The van der Waals surface area contributed by atoms with Gasteiger partial charge in [-0.2, -0.15) is 0 Å². The van der Waals surface area contributed by atoms with Gasteiger partial charge in [0.2, 0.25) is 11.8 Å². The molecule has 0 aromatic heterocycles. The number of carbonyl (C=O) groups excluding carboxylic acids is 2. The van der Waals surface area contributed by atoms with Crippen molar-refractivity contribution in [3.63, 3.8) is 0 Å². The smallest absolute Gasteiger partial charge is 0.246 e. The van der Waals surface area contributed by atoms with Gasteiger partial charge < -0.3 is 10.2 Å². The van der Waals surface area contributed by atoms with E-state index in [0.717, 1.165) is 37.1 Å². The fourth-order valence-corrected chi connectivity index (χ4v) is 2.86. The van der Waals surface area contributed by atoms with Gasteiger partial charge in [0.05, 0.1) is 0 Å². The first-order valence-electron chi connectivity index (χ1n) is 7.96. The highest BCUT2D eigenvalue weighted by Crippen LogP contribution is 2.20. The molecular formula is C18H24N2O2. The van der Waals surface area contributed by atoms with Crippen LogP contribution in [0.5, 0.6) is 0 Å². The zero-order chi connectivity index (χ0) is 15.9. The van der Waals surface area contributed by atoms with E-state index in [1.54, 1.807) is 6.08 Å². The summed E-state index contributed by atoms with van der Waals surface area (Å²) >= 11 is 0. The number of carbonyl (C=O) groups is 2. The molecule has 1 N–H and O–H groups in total. The average molecular weight is 300 g/mol. The monoisotopic (exact) mass is 300 g/mol. The molecule has 1 atom stereocenters. The maximum Gasteiger partial charge on any atom is 0.246 e. The number of nitrogens with one attached hydrogen (secondary N) is 1. The highest BCUT2D eigenvalue weighted by Gasteiger charge is 2.23. The number of nitrogens with zero attached hydrogens (tertiary/aromatic N) is 1. The lowest BCUT2D eigenvalue weighted by Crippen LogP contribution is -2.42. The maximum atomic E-state index is 12.3. The lowest BCUT2D eigenvalue weighted by atomic mass is 10.00. The molecule has 1 aromatic carbocycles. The first-order valence-corrected chi connectivity index (χ1v) is 7.96. The third-order valence-corrected chi connectivity index (χ3v) is 4.03. The van der Waals surface area contributed by atoms with Crippen molar-refractivity contribution in [2.45, 2.75) is 45.6 Å². The molecule has 0 radical (unpaired) electrons. The van der Waals surface area contributed by atoms with E-state index in [0.29, 0.717) is 6.04 Å². The molecule has 0 bridgehead atoms. The Morgan fingerprint density at radius 1 is 1.27 bits per heavy atom. The molecule has 1 fully saturated rings. The van der Waals surface area contributed by atoms with Gasteiger partial charge in [0.25, 0.3) is 0 Å². The fourth-order valence-electron chi connectivity index (χ4n) is 2.86. The predicted octanol–water partition coefficient (Wildman–Crippen LogP) is 3.45. The Balaban J connectivity index is 1.98. The highest BCUT2D eigenvalue weighted by atomic mass is 16.2. The molecule has 4 nitrogen and oxygen atoms in total. The largest absolute Gasteiger partial charge is 0.336 e. The number of hydrogen-bond acceptors (Lipinski definition) is 2. The summed E-state index contributed by atoms with van der Waals surface area (Å²) in [7, 11) is 0. The number of rotatable bonds is 4. The number of anilines is 1. The highest BCUT2D eigenvalue weighted by molar-refractivity contribution is 5.92. The second kappa shape index (κ2) is 7.78. The Hall–Kier alpha value is -2.10. The summed E-state index contributed by atoms with van der Waals surface area (Å²) in [5.41, 5.74) is 1.71. The number of hydrogen-bond donors (Lipinski definition) is 1. The van der Waals surface area contributed by atoms with E-state index in [9.17, 15) is 9.59 Å². The van der Waals surface area contributed by atoms with Crippen LogP contribution in [0.25, 0.3) is 6.08 Å². The van der Waals surface area contributed by atoms with E-state index >= 15 is 0 Å². The van der Waals surface area contributed by atoms with Crippen LogP contribution >= 0.6 is 0 Å². The van der Waals surface area contributed by atoms with Crippen LogP contribution in [-0.4, -0.2) is 29.3 Å². The van der Waals surface area contributed by atoms with Crippen molar-refractivity contribution in [3.05, 3.63) is 35.9 Å². The van der Waals surface area contributed by atoms with Gasteiger partial charge in [-0.3, -0.25) is 9.59 Å². The molecule has 0 aliphatic carbocycles. The Labute approximate surface area is 132 Å². The summed E-state index contributed by atoms with van der Waals surface area (Å²) < 4.78 is 0. The van der Waals surface area contributed by atoms with Crippen molar-refractivity contribution in [3.8, 4) is 0 Å². The van der Waals surface area contributed by atoms with Gasteiger partial charge in [0.15, 0.2) is 0 Å². The molecule has 1 aromatic rings. The van der Waals surface area contributed by atoms with Crippen LogP contribution in [0.4, 0.5) is 5.69 Å². The quantitative estimate of drug-likeness (QED) is 0.866. The van der Waals surface area contributed by atoms with Crippen LogP contribution in [0, 0.1) is 0 Å². The number of benzene rings is 1. The minimum Gasteiger partial charge on any atom is -0.336 e. The Morgan fingerprint density at radius 2 is 2.00 bits per heavy atom. The van der Waals surface area contributed by atoms with Gasteiger partial charge in [0, 0.05) is 31.3 Å². The molecule has 1 aliphatic rings. The maximum absolute atomic E-state index is 12.3. The molecule has 2 rings (SSSR count). The number of likely N-dealkylation sites (tertiary alicyclic amines) is 1. The average Bonchev–Trinajstić information content (AvgIpc) is 2.53. The van der Waals surface area contributed by atoms with Crippen LogP contribution in [0.2, 0.25) is 0 Å². The van der Waals surface area contributed by atoms with E-state index in [1.807, 2.05) is 35.2 Å². The van der Waals surface area contributed by atoms with Gasteiger partial charge in [-0.15, -0.1) is 0 Å². The minimum atomic E-state index is -0.0887. The van der Waals surface area contributed by atoms with Crippen molar-refractivity contribution >= 4 is 23.6 Å². The zero-order valence-electron chi connectivity index (χ0n) is 13.3. The summed E-state index contributed by atoms with van der Waals surface area (Å²) in [6.45, 7) is 4.49. The summed E-state index contributed by atoms with van der Waals surface area (Å²) in [5.74, 6) is 0.00617. The summed E-state index contributed by atoms with van der Waals surface area (Å²) in [5, 5.41) is 2.72. The third-order valence-electron chi connectivity index (χ3n) is 4.03. The second-order valence-electron chi connectivity index (χ2n) is 5.73. The van der Waals surface area contributed by atoms with Crippen LogP contribution < -0.4 is 5.32 Å². The normalized spacial score (nSPS) is 18.5. The molecule has 0 saturated carbocycles. The molecule has 1 aliphatic heterocycles. The molecular weight excluding hydrogens is 276 g/mol. The van der Waals surface area contributed by atoms with Crippen LogP contribution in [0.3, 0.4) is 0 Å². The van der Waals surface area contributed by atoms with Crippen molar-refractivity contribution in [1.82, 2.24) is 4.90 Å². The minimum absolute atomic E-state index is 0.0887. The number of piperidine rings is 1. The predicted molar refractivity (Wildman–Crippen MR) is 89.4 cm³/mol. The Morgan fingerprint density at radius 3 is 2.64 bits per heavy atom. The van der Waals surface area contributed by atoms with Gasteiger partial charge in [-0.1, -0.05) is 19.1 Å². The van der Waals surface area contributed by atoms with Crippen LogP contribution in [0.15, 0.2) is 30.3 Å². The van der Waals surface area contributed by atoms with E-state index in [-0.39, 0.29) is 11.8 Å². The molecule has 2 amide bonds. The molecule has 1 heterocycles. The standard InChI is InChI=1S/C18H24N2O2/c1-3-17-6-4-5-13-20(17)18(22)12-9-15-7-10-16(11-8-15)19-14(2)21/h7-12,17H,3-6,13H2,1-2H3,(H,19,21)/b12-9+. The van der Waals surface area contributed by atoms with Crippen molar-refractivity contribution in [1.29, 1.82) is 0 Å². The Kier molecular flexibility index (Phi) is 5.75. The molecule has 4 heteroatoms. The van der Waals surface area contributed by atoms with Crippen LogP contribution in [0.1, 0.15) is 45.1 Å². The summed E-state index contributed by atoms with van der Waals surface area (Å²) in [6.07, 6.45) is 7.94. The van der Waals surface area contributed by atoms with E-state index in [2.05, 4.69) is 12.2 Å². The van der Waals surface area contributed by atoms with E-state index in [1.165, 1.54) is 13.3 Å².